The molecular formula is C17H20N4O4. The summed E-state index contributed by atoms with van der Waals surface area (Å²) in [5, 5.41) is 11.2. The van der Waals surface area contributed by atoms with E-state index in [1.54, 1.807) is 49.5 Å². The van der Waals surface area contributed by atoms with Crippen molar-refractivity contribution in [2.24, 2.45) is 0 Å². The Bertz CT molecular complexity index is 730. The molecule has 0 aliphatic carbocycles. The molecule has 1 aromatic heterocycles. The second kappa shape index (κ2) is 7.80. The molecule has 0 spiro atoms. The maximum Gasteiger partial charge on any atom is 0.274 e. The summed E-state index contributed by atoms with van der Waals surface area (Å²) in [4.78, 5) is 14.1. The summed E-state index contributed by atoms with van der Waals surface area (Å²) < 4.78 is 15.8. The summed E-state index contributed by atoms with van der Waals surface area (Å²) in [6, 6.07) is 8.76. The van der Waals surface area contributed by atoms with Crippen molar-refractivity contribution in [1.82, 2.24) is 15.1 Å². The lowest BCUT2D eigenvalue weighted by molar-refractivity contribution is 0.0298. The smallest absolute Gasteiger partial charge is 0.274 e. The lowest BCUT2D eigenvalue weighted by Gasteiger charge is -2.26. The Balaban J connectivity index is 1.73. The summed E-state index contributed by atoms with van der Waals surface area (Å²) in [6.45, 7) is 2.24. The molecular weight excluding hydrogens is 324 g/mol. The van der Waals surface area contributed by atoms with E-state index in [1.807, 2.05) is 0 Å². The first kappa shape index (κ1) is 17.0. The number of nitrogens with one attached hydrogen (secondary N) is 1. The number of aromatic nitrogens is 2. The van der Waals surface area contributed by atoms with Gasteiger partial charge in [-0.1, -0.05) is 0 Å². The lowest BCUT2D eigenvalue weighted by atomic mass is 10.2. The molecule has 8 heteroatoms. The molecule has 0 saturated carbocycles. The van der Waals surface area contributed by atoms with Crippen LogP contribution in [0.15, 0.2) is 30.3 Å². The van der Waals surface area contributed by atoms with E-state index in [4.69, 9.17) is 14.2 Å². The Labute approximate surface area is 145 Å². The normalized spacial score (nSPS) is 14.1. The molecule has 2 aromatic rings. The Hall–Kier alpha value is -2.87. The zero-order chi connectivity index (χ0) is 17.6. The number of amides is 1. The van der Waals surface area contributed by atoms with Gasteiger partial charge in [0, 0.05) is 19.2 Å². The third-order valence-electron chi connectivity index (χ3n) is 3.85. The number of morpholine rings is 1. The van der Waals surface area contributed by atoms with Gasteiger partial charge in [0.15, 0.2) is 11.5 Å². The SMILES string of the molecule is COc1ccc(OC)c(Nc2ccc(C(=O)N3CCOCC3)nn2)c1. The number of hydrogen-bond donors (Lipinski definition) is 1. The highest BCUT2D eigenvalue weighted by molar-refractivity contribution is 5.92. The zero-order valence-electron chi connectivity index (χ0n) is 14.2. The number of methoxy groups -OCH3 is 2. The van der Waals surface area contributed by atoms with Crippen LogP contribution < -0.4 is 14.8 Å². The summed E-state index contributed by atoms with van der Waals surface area (Å²) >= 11 is 0. The van der Waals surface area contributed by atoms with Crippen molar-refractivity contribution < 1.29 is 19.0 Å². The molecule has 8 nitrogen and oxygen atoms in total. The van der Waals surface area contributed by atoms with Gasteiger partial charge in [0.05, 0.1) is 33.1 Å². The quantitative estimate of drug-likeness (QED) is 0.883. The minimum Gasteiger partial charge on any atom is -0.497 e. The average molecular weight is 344 g/mol. The number of benzene rings is 1. The molecule has 25 heavy (non-hydrogen) atoms. The van der Waals surface area contributed by atoms with Crippen molar-refractivity contribution in [1.29, 1.82) is 0 Å². The van der Waals surface area contributed by atoms with E-state index in [1.165, 1.54) is 0 Å². The van der Waals surface area contributed by atoms with Gasteiger partial charge in [0.2, 0.25) is 0 Å². The highest BCUT2D eigenvalue weighted by atomic mass is 16.5. The first-order valence-electron chi connectivity index (χ1n) is 7.91. The minimum atomic E-state index is -0.138. The standard InChI is InChI=1S/C17H20N4O4/c1-23-12-3-5-15(24-2)14(11-12)18-16-6-4-13(19-20-16)17(22)21-7-9-25-10-8-21/h3-6,11H,7-10H2,1-2H3,(H,18,20). The topological polar surface area (TPSA) is 85.8 Å². The van der Waals surface area contributed by atoms with Crippen LogP contribution in [-0.4, -0.2) is 61.5 Å². The van der Waals surface area contributed by atoms with Gasteiger partial charge in [-0.15, -0.1) is 10.2 Å². The number of anilines is 2. The van der Waals surface area contributed by atoms with Crippen LogP contribution in [0.2, 0.25) is 0 Å². The van der Waals surface area contributed by atoms with Crippen LogP contribution >= 0.6 is 0 Å². The molecule has 1 amide bonds. The highest BCUT2D eigenvalue weighted by Crippen LogP contribution is 2.30. The van der Waals surface area contributed by atoms with Crippen LogP contribution in [0.4, 0.5) is 11.5 Å². The van der Waals surface area contributed by atoms with Gasteiger partial charge in [-0.05, 0) is 24.3 Å². The van der Waals surface area contributed by atoms with Gasteiger partial charge in [-0.2, -0.15) is 0 Å². The molecule has 1 aliphatic rings. The predicted octanol–water partition coefficient (Wildman–Crippen LogP) is 1.71. The van der Waals surface area contributed by atoms with Gasteiger partial charge in [-0.3, -0.25) is 4.79 Å². The van der Waals surface area contributed by atoms with Crippen LogP contribution in [0.25, 0.3) is 0 Å². The van der Waals surface area contributed by atoms with Crippen LogP contribution in [-0.2, 0) is 4.74 Å². The van der Waals surface area contributed by atoms with Crippen LogP contribution in [0.3, 0.4) is 0 Å². The molecule has 0 bridgehead atoms. The molecule has 1 N–H and O–H groups in total. The molecule has 0 atom stereocenters. The lowest BCUT2D eigenvalue weighted by Crippen LogP contribution is -2.41. The Morgan fingerprint density at radius 1 is 1.12 bits per heavy atom. The van der Waals surface area contributed by atoms with E-state index in [-0.39, 0.29) is 5.91 Å². The fourth-order valence-electron chi connectivity index (χ4n) is 2.49. The molecule has 1 aromatic carbocycles. The largest absolute Gasteiger partial charge is 0.497 e. The summed E-state index contributed by atoms with van der Waals surface area (Å²) in [5.74, 6) is 1.71. The van der Waals surface area contributed by atoms with E-state index in [9.17, 15) is 4.79 Å². The predicted molar refractivity (Wildman–Crippen MR) is 91.6 cm³/mol. The molecule has 0 unspecified atom stereocenters. The van der Waals surface area contributed by atoms with Crippen molar-refractivity contribution >= 4 is 17.4 Å². The second-order valence-electron chi connectivity index (χ2n) is 5.40. The molecule has 132 valence electrons. The number of rotatable bonds is 5. The number of carbonyl (C=O) groups is 1. The minimum absolute atomic E-state index is 0.138. The van der Waals surface area contributed by atoms with Crippen molar-refractivity contribution in [3.63, 3.8) is 0 Å². The average Bonchev–Trinajstić information content (AvgIpc) is 2.68. The molecule has 1 aliphatic heterocycles. The van der Waals surface area contributed by atoms with E-state index in [0.29, 0.717) is 55.0 Å². The summed E-state index contributed by atoms with van der Waals surface area (Å²) in [5.41, 5.74) is 1.01. The van der Waals surface area contributed by atoms with Crippen LogP contribution in [0.5, 0.6) is 11.5 Å². The zero-order valence-corrected chi connectivity index (χ0v) is 14.2. The summed E-state index contributed by atoms with van der Waals surface area (Å²) in [7, 11) is 3.18. The monoisotopic (exact) mass is 344 g/mol. The van der Waals surface area contributed by atoms with E-state index >= 15 is 0 Å². The second-order valence-corrected chi connectivity index (χ2v) is 5.40. The third-order valence-corrected chi connectivity index (χ3v) is 3.85. The van der Waals surface area contributed by atoms with Gasteiger partial charge < -0.3 is 24.4 Å². The number of carbonyl (C=O) groups excluding carboxylic acids is 1. The molecule has 1 saturated heterocycles. The molecule has 2 heterocycles. The number of nitrogens with zero attached hydrogens (tertiary/aromatic N) is 3. The van der Waals surface area contributed by atoms with Gasteiger partial charge in [-0.25, -0.2) is 0 Å². The van der Waals surface area contributed by atoms with Gasteiger partial charge in [0.25, 0.3) is 5.91 Å². The Morgan fingerprint density at radius 3 is 2.56 bits per heavy atom. The van der Waals surface area contributed by atoms with Crippen molar-refractivity contribution in [2.75, 3.05) is 45.8 Å². The Kier molecular flexibility index (Phi) is 5.30. The van der Waals surface area contributed by atoms with E-state index in [2.05, 4.69) is 15.5 Å². The fraction of sp³-hybridized carbons (Fsp3) is 0.353. The Morgan fingerprint density at radius 2 is 1.92 bits per heavy atom. The number of ether oxygens (including phenoxy) is 3. The molecule has 3 rings (SSSR count). The first-order valence-corrected chi connectivity index (χ1v) is 7.91. The van der Waals surface area contributed by atoms with E-state index < -0.39 is 0 Å². The van der Waals surface area contributed by atoms with Crippen molar-refractivity contribution in [2.45, 2.75) is 0 Å². The number of hydrogen-bond acceptors (Lipinski definition) is 7. The van der Waals surface area contributed by atoms with E-state index in [0.717, 1.165) is 0 Å². The van der Waals surface area contributed by atoms with Crippen LogP contribution in [0.1, 0.15) is 10.5 Å². The fourth-order valence-corrected chi connectivity index (χ4v) is 2.49. The third kappa shape index (κ3) is 3.97. The first-order chi connectivity index (χ1) is 12.2. The maximum absolute atomic E-state index is 12.4. The maximum atomic E-state index is 12.4. The van der Waals surface area contributed by atoms with Crippen molar-refractivity contribution in [3.05, 3.63) is 36.0 Å². The molecule has 1 fully saturated rings. The summed E-state index contributed by atoms with van der Waals surface area (Å²) in [6.07, 6.45) is 0. The van der Waals surface area contributed by atoms with Crippen molar-refractivity contribution in [3.8, 4) is 11.5 Å². The highest BCUT2D eigenvalue weighted by Gasteiger charge is 2.20. The van der Waals surface area contributed by atoms with Crippen LogP contribution in [0, 0.1) is 0 Å². The van der Waals surface area contributed by atoms with Gasteiger partial charge in [0.1, 0.15) is 11.5 Å². The van der Waals surface area contributed by atoms with Gasteiger partial charge >= 0.3 is 0 Å². The molecule has 0 radical (unpaired) electrons.